The van der Waals surface area contributed by atoms with Crippen molar-refractivity contribution in [1.29, 1.82) is 0 Å². The summed E-state index contributed by atoms with van der Waals surface area (Å²) in [5.74, 6) is -1.79. The van der Waals surface area contributed by atoms with Crippen LogP contribution >= 0.6 is 0 Å². The van der Waals surface area contributed by atoms with Gasteiger partial charge in [-0.1, -0.05) is 6.92 Å². The molecule has 0 fully saturated rings. The molecule has 2 N–H and O–H groups in total. The van der Waals surface area contributed by atoms with E-state index in [-0.39, 0.29) is 5.03 Å². The maximum Gasteiger partial charge on any atom is 0.279 e. The van der Waals surface area contributed by atoms with Crippen molar-refractivity contribution in [3.05, 3.63) is 36.0 Å². The van der Waals surface area contributed by atoms with Gasteiger partial charge in [0.05, 0.1) is 6.20 Å². The maximum atomic E-state index is 13.3. The van der Waals surface area contributed by atoms with Gasteiger partial charge in [0, 0.05) is 6.42 Å². The summed E-state index contributed by atoms with van der Waals surface area (Å²) in [6, 6.07) is 1.80. The van der Waals surface area contributed by atoms with Crippen LogP contribution in [0.4, 0.5) is 14.5 Å². The van der Waals surface area contributed by atoms with Crippen molar-refractivity contribution in [3.8, 4) is 0 Å². The summed E-state index contributed by atoms with van der Waals surface area (Å²) in [6.45, 7) is 1.80. The van der Waals surface area contributed by atoms with E-state index >= 15 is 0 Å². The number of halogens is 2. The topological polar surface area (TPSA) is 87.7 Å². The molecule has 2 aromatic rings. The number of aryl methyl sites for hydroxylation is 1. The zero-order valence-corrected chi connectivity index (χ0v) is 10.6. The summed E-state index contributed by atoms with van der Waals surface area (Å²) in [5.41, 5.74) is -0.436. The van der Waals surface area contributed by atoms with E-state index in [4.69, 9.17) is 0 Å². The summed E-state index contributed by atoms with van der Waals surface area (Å²) in [5, 5.41) is -0.201. The second kappa shape index (κ2) is 4.92. The van der Waals surface area contributed by atoms with E-state index < -0.39 is 27.6 Å². The van der Waals surface area contributed by atoms with Gasteiger partial charge in [0.2, 0.25) is 11.9 Å². The highest BCUT2D eigenvalue weighted by atomic mass is 32.2. The first-order valence-corrected chi connectivity index (χ1v) is 6.79. The smallest absolute Gasteiger partial charge is 0.279 e. The number of imidazole rings is 1. The number of aromatic nitrogens is 3. The number of nitrogens with zero attached hydrogens (tertiary/aromatic N) is 2. The number of sulfonamides is 1. The van der Waals surface area contributed by atoms with Crippen LogP contribution in [-0.4, -0.2) is 23.4 Å². The van der Waals surface area contributed by atoms with Crippen LogP contribution in [0.1, 0.15) is 12.7 Å². The first kappa shape index (κ1) is 13.4. The largest absolute Gasteiger partial charge is 0.332 e. The summed E-state index contributed by atoms with van der Waals surface area (Å²) < 4.78 is 51.6. The predicted octanol–water partition coefficient (Wildman–Crippen LogP) is 1.45. The molecular formula is C10H10F2N4O2S. The Morgan fingerprint density at radius 3 is 2.68 bits per heavy atom. The number of H-pyrrole nitrogens is 1. The Bertz CT molecular complexity index is 699. The highest BCUT2D eigenvalue weighted by molar-refractivity contribution is 7.92. The van der Waals surface area contributed by atoms with Gasteiger partial charge in [-0.25, -0.2) is 4.98 Å². The second-order valence-corrected chi connectivity index (χ2v) is 5.28. The number of rotatable bonds is 4. The fourth-order valence-electron chi connectivity index (χ4n) is 1.35. The van der Waals surface area contributed by atoms with Gasteiger partial charge in [0.15, 0.2) is 5.03 Å². The van der Waals surface area contributed by atoms with E-state index in [1.54, 1.807) is 6.92 Å². The van der Waals surface area contributed by atoms with Crippen molar-refractivity contribution < 1.29 is 17.2 Å². The minimum Gasteiger partial charge on any atom is -0.332 e. The predicted molar refractivity (Wildman–Crippen MR) is 62.9 cm³/mol. The molecule has 0 amide bonds. The van der Waals surface area contributed by atoms with Crippen LogP contribution in [0, 0.1) is 11.9 Å². The molecule has 0 aliphatic rings. The SMILES string of the molecule is CCc1ncc(S(=O)(=O)Nc2ccc(F)nc2F)[nH]1. The van der Waals surface area contributed by atoms with Crippen LogP contribution < -0.4 is 4.72 Å². The Morgan fingerprint density at radius 1 is 1.37 bits per heavy atom. The lowest BCUT2D eigenvalue weighted by Crippen LogP contribution is -2.15. The molecule has 0 saturated carbocycles. The van der Waals surface area contributed by atoms with E-state index in [1.165, 1.54) is 0 Å². The van der Waals surface area contributed by atoms with Crippen LogP contribution in [0.15, 0.2) is 23.4 Å². The third kappa shape index (κ3) is 2.87. The quantitative estimate of drug-likeness (QED) is 0.833. The zero-order valence-electron chi connectivity index (χ0n) is 9.81. The van der Waals surface area contributed by atoms with Gasteiger partial charge in [0.25, 0.3) is 10.0 Å². The van der Waals surface area contributed by atoms with Gasteiger partial charge in [0.1, 0.15) is 11.5 Å². The number of hydrogen-bond acceptors (Lipinski definition) is 4. The van der Waals surface area contributed by atoms with Gasteiger partial charge >= 0.3 is 0 Å². The van der Waals surface area contributed by atoms with Gasteiger partial charge in [-0.15, -0.1) is 0 Å². The molecule has 19 heavy (non-hydrogen) atoms. The lowest BCUT2D eigenvalue weighted by atomic mass is 10.4. The van der Waals surface area contributed by atoms with E-state index in [2.05, 4.69) is 15.0 Å². The summed E-state index contributed by atoms with van der Waals surface area (Å²) >= 11 is 0. The summed E-state index contributed by atoms with van der Waals surface area (Å²) in [4.78, 5) is 9.30. The first-order valence-electron chi connectivity index (χ1n) is 5.31. The Balaban J connectivity index is 2.30. The highest BCUT2D eigenvalue weighted by Crippen LogP contribution is 2.17. The third-order valence-corrected chi connectivity index (χ3v) is 3.56. The van der Waals surface area contributed by atoms with Crippen molar-refractivity contribution in [2.75, 3.05) is 4.72 Å². The molecule has 0 saturated heterocycles. The molecule has 0 aliphatic carbocycles. The number of hydrogen-bond donors (Lipinski definition) is 2. The summed E-state index contributed by atoms with van der Waals surface area (Å²) in [7, 11) is -4.01. The van der Waals surface area contributed by atoms with E-state index in [9.17, 15) is 17.2 Å². The van der Waals surface area contributed by atoms with Crippen LogP contribution in [0.25, 0.3) is 0 Å². The monoisotopic (exact) mass is 288 g/mol. The fourth-order valence-corrected chi connectivity index (χ4v) is 2.34. The molecule has 6 nitrogen and oxygen atoms in total. The molecule has 2 aromatic heterocycles. The molecule has 0 spiro atoms. The Hall–Kier alpha value is -2.03. The van der Waals surface area contributed by atoms with Gasteiger partial charge in [-0.3, -0.25) is 4.72 Å². The van der Waals surface area contributed by atoms with Crippen molar-refractivity contribution in [3.63, 3.8) is 0 Å². The van der Waals surface area contributed by atoms with Crippen LogP contribution in [0.5, 0.6) is 0 Å². The van der Waals surface area contributed by atoms with Crippen LogP contribution in [0.2, 0.25) is 0 Å². The molecule has 102 valence electrons. The molecule has 0 aromatic carbocycles. The number of nitrogens with one attached hydrogen (secondary N) is 2. The average Bonchev–Trinajstić information content (AvgIpc) is 2.82. The van der Waals surface area contributed by atoms with Crippen LogP contribution in [0.3, 0.4) is 0 Å². The Morgan fingerprint density at radius 2 is 2.11 bits per heavy atom. The molecule has 2 rings (SSSR count). The zero-order chi connectivity index (χ0) is 14.0. The molecule has 2 heterocycles. The van der Waals surface area contributed by atoms with Gasteiger partial charge < -0.3 is 4.98 Å². The van der Waals surface area contributed by atoms with E-state index in [0.717, 1.165) is 18.3 Å². The van der Waals surface area contributed by atoms with Crippen molar-refractivity contribution in [2.45, 2.75) is 18.4 Å². The number of pyridine rings is 1. The molecular weight excluding hydrogens is 278 g/mol. The molecule has 0 bridgehead atoms. The van der Waals surface area contributed by atoms with Gasteiger partial charge in [-0.05, 0) is 12.1 Å². The molecule has 9 heteroatoms. The van der Waals surface area contributed by atoms with E-state index in [0.29, 0.717) is 12.2 Å². The maximum absolute atomic E-state index is 13.3. The third-order valence-electron chi connectivity index (χ3n) is 2.29. The standard InChI is InChI=1S/C10H10F2N4O2S/c1-2-8-13-5-9(15-8)19(17,18)16-6-3-4-7(11)14-10(6)12/h3-5,16H,2H2,1H3,(H,13,15). The minimum atomic E-state index is -4.01. The highest BCUT2D eigenvalue weighted by Gasteiger charge is 2.19. The fraction of sp³-hybridized carbons (Fsp3) is 0.200. The number of anilines is 1. The normalized spacial score (nSPS) is 11.5. The molecule has 0 radical (unpaired) electrons. The van der Waals surface area contributed by atoms with Crippen molar-refractivity contribution in [1.82, 2.24) is 15.0 Å². The molecule has 0 atom stereocenters. The lowest BCUT2D eigenvalue weighted by Gasteiger charge is -2.06. The van der Waals surface area contributed by atoms with Crippen molar-refractivity contribution >= 4 is 15.7 Å². The summed E-state index contributed by atoms with van der Waals surface area (Å²) in [6.07, 6.45) is 1.65. The molecule has 0 unspecified atom stereocenters. The van der Waals surface area contributed by atoms with Crippen LogP contribution in [-0.2, 0) is 16.4 Å². The molecule has 0 aliphatic heterocycles. The second-order valence-electron chi connectivity index (χ2n) is 3.63. The number of aromatic amines is 1. The Kier molecular flexibility index (Phi) is 3.47. The average molecular weight is 288 g/mol. The Labute approximate surface area is 108 Å². The van der Waals surface area contributed by atoms with Gasteiger partial charge in [-0.2, -0.15) is 22.2 Å². The van der Waals surface area contributed by atoms with E-state index in [1.807, 2.05) is 4.72 Å². The lowest BCUT2D eigenvalue weighted by molar-refractivity contribution is 0.515. The first-order chi connectivity index (χ1) is 8.92. The minimum absolute atomic E-state index is 0.201. The van der Waals surface area contributed by atoms with Crippen molar-refractivity contribution in [2.24, 2.45) is 0 Å².